The fraction of sp³-hybridized carbons (Fsp3) is 0.333. The molecule has 0 heterocycles. The molecule has 19 heavy (non-hydrogen) atoms. The molecule has 1 aromatic carbocycles. The topological polar surface area (TPSA) is 55.4 Å². The number of hydrogen-bond acceptors (Lipinski definition) is 3. The van der Waals surface area contributed by atoms with Gasteiger partial charge in [-0.25, -0.2) is 0 Å². The molecule has 1 aromatic rings. The fourth-order valence-corrected chi connectivity index (χ4v) is 1.82. The normalized spacial score (nSPS) is 13.2. The Morgan fingerprint density at radius 1 is 1.37 bits per heavy atom. The summed E-state index contributed by atoms with van der Waals surface area (Å²) in [6, 6.07) is 8.56. The van der Waals surface area contributed by atoms with E-state index in [1.807, 2.05) is 6.07 Å². The SMILES string of the molecule is C=CC[C@H](C(=O)OC)[C@H](C)NC(=O)c1ccccc1. The lowest BCUT2D eigenvalue weighted by Gasteiger charge is -2.21. The Balaban J connectivity index is 2.71. The lowest BCUT2D eigenvalue weighted by Crippen LogP contribution is -2.41. The average molecular weight is 261 g/mol. The molecule has 0 bridgehead atoms. The maximum Gasteiger partial charge on any atom is 0.311 e. The molecule has 0 saturated heterocycles. The summed E-state index contributed by atoms with van der Waals surface area (Å²) in [5, 5.41) is 2.81. The van der Waals surface area contributed by atoms with E-state index in [9.17, 15) is 9.59 Å². The van der Waals surface area contributed by atoms with E-state index in [1.165, 1.54) is 7.11 Å². The molecule has 4 nitrogen and oxygen atoms in total. The van der Waals surface area contributed by atoms with Gasteiger partial charge in [0.15, 0.2) is 0 Å². The molecule has 1 amide bonds. The number of benzene rings is 1. The van der Waals surface area contributed by atoms with Crippen molar-refractivity contribution in [1.29, 1.82) is 0 Å². The molecule has 0 aliphatic carbocycles. The summed E-state index contributed by atoms with van der Waals surface area (Å²) in [5.74, 6) is -0.970. The zero-order chi connectivity index (χ0) is 14.3. The highest BCUT2D eigenvalue weighted by atomic mass is 16.5. The summed E-state index contributed by atoms with van der Waals surface area (Å²) in [6.07, 6.45) is 2.11. The van der Waals surface area contributed by atoms with Gasteiger partial charge >= 0.3 is 5.97 Å². The van der Waals surface area contributed by atoms with Crippen molar-refractivity contribution in [2.75, 3.05) is 7.11 Å². The quantitative estimate of drug-likeness (QED) is 0.630. The van der Waals surface area contributed by atoms with Crippen molar-refractivity contribution >= 4 is 11.9 Å². The lowest BCUT2D eigenvalue weighted by molar-refractivity contribution is -0.146. The van der Waals surface area contributed by atoms with Gasteiger partial charge in [-0.3, -0.25) is 9.59 Å². The van der Waals surface area contributed by atoms with Crippen LogP contribution in [-0.4, -0.2) is 25.0 Å². The molecule has 1 N–H and O–H groups in total. The highest BCUT2D eigenvalue weighted by molar-refractivity contribution is 5.94. The average Bonchev–Trinajstić information content (AvgIpc) is 2.44. The van der Waals surface area contributed by atoms with Gasteiger partial charge in [0.1, 0.15) is 0 Å². The first kappa shape index (κ1) is 15.0. The zero-order valence-corrected chi connectivity index (χ0v) is 11.3. The van der Waals surface area contributed by atoms with Crippen LogP contribution in [0, 0.1) is 5.92 Å². The number of carbonyl (C=O) groups excluding carboxylic acids is 2. The highest BCUT2D eigenvalue weighted by Crippen LogP contribution is 2.12. The van der Waals surface area contributed by atoms with Crippen molar-refractivity contribution < 1.29 is 14.3 Å². The first-order chi connectivity index (χ1) is 9.10. The molecule has 0 unspecified atom stereocenters. The number of rotatable bonds is 6. The largest absolute Gasteiger partial charge is 0.469 e. The minimum absolute atomic E-state index is 0.203. The van der Waals surface area contributed by atoms with Crippen molar-refractivity contribution in [2.45, 2.75) is 19.4 Å². The molecule has 4 heteroatoms. The van der Waals surface area contributed by atoms with Crippen molar-refractivity contribution in [1.82, 2.24) is 5.32 Å². The third-order valence-electron chi connectivity index (χ3n) is 2.92. The van der Waals surface area contributed by atoms with Gasteiger partial charge in [0.05, 0.1) is 13.0 Å². The molecular formula is C15H19NO3. The number of carbonyl (C=O) groups is 2. The maximum absolute atomic E-state index is 12.0. The number of allylic oxidation sites excluding steroid dienone is 1. The second kappa shape index (κ2) is 7.36. The Kier molecular flexibility index (Phi) is 5.79. The number of methoxy groups -OCH3 is 1. The van der Waals surface area contributed by atoms with Crippen molar-refractivity contribution in [2.24, 2.45) is 5.92 Å². The standard InChI is InChI=1S/C15H19NO3/c1-4-8-13(15(18)19-3)11(2)16-14(17)12-9-6-5-7-10-12/h4-7,9-11,13H,1,8H2,2-3H3,(H,16,17)/t11-,13-/m0/s1. The van der Waals surface area contributed by atoms with Crippen molar-refractivity contribution in [3.8, 4) is 0 Å². The van der Waals surface area contributed by atoms with Crippen LogP contribution in [0.4, 0.5) is 0 Å². The van der Waals surface area contributed by atoms with Gasteiger partial charge in [0.2, 0.25) is 0 Å². The number of ether oxygens (including phenoxy) is 1. The van der Waals surface area contributed by atoms with Gasteiger partial charge in [-0.1, -0.05) is 24.3 Å². The molecule has 1 rings (SSSR count). The molecule has 102 valence electrons. The van der Waals surface area contributed by atoms with Gasteiger partial charge < -0.3 is 10.1 Å². The molecule has 0 saturated carbocycles. The second-order valence-electron chi connectivity index (χ2n) is 4.28. The van der Waals surface area contributed by atoms with Crippen LogP contribution in [0.2, 0.25) is 0 Å². The predicted octanol–water partition coefficient (Wildman–Crippen LogP) is 2.17. The van der Waals surface area contributed by atoms with Crippen LogP contribution in [0.1, 0.15) is 23.7 Å². The van der Waals surface area contributed by atoms with E-state index in [2.05, 4.69) is 11.9 Å². The summed E-state index contributed by atoms with van der Waals surface area (Å²) in [6.45, 7) is 5.40. The molecule has 0 aliphatic rings. The van der Waals surface area contributed by atoms with E-state index < -0.39 is 5.92 Å². The highest BCUT2D eigenvalue weighted by Gasteiger charge is 2.26. The van der Waals surface area contributed by atoms with Crippen LogP contribution in [0.15, 0.2) is 43.0 Å². The predicted molar refractivity (Wildman–Crippen MR) is 73.7 cm³/mol. The Labute approximate surface area is 113 Å². The molecule has 0 aromatic heterocycles. The Morgan fingerprint density at radius 3 is 2.53 bits per heavy atom. The van der Waals surface area contributed by atoms with Crippen molar-refractivity contribution in [3.63, 3.8) is 0 Å². The third-order valence-corrected chi connectivity index (χ3v) is 2.92. The van der Waals surface area contributed by atoms with Crippen molar-refractivity contribution in [3.05, 3.63) is 48.6 Å². The number of nitrogens with one attached hydrogen (secondary N) is 1. The van der Waals surface area contributed by atoms with E-state index >= 15 is 0 Å². The van der Waals surface area contributed by atoms with Crippen LogP contribution < -0.4 is 5.32 Å². The first-order valence-corrected chi connectivity index (χ1v) is 6.14. The summed E-state index contributed by atoms with van der Waals surface area (Å²) < 4.78 is 4.74. The van der Waals surface area contributed by atoms with Crippen LogP contribution in [0.5, 0.6) is 0 Å². The molecule has 0 spiro atoms. The number of hydrogen-bond donors (Lipinski definition) is 1. The first-order valence-electron chi connectivity index (χ1n) is 6.14. The molecular weight excluding hydrogens is 242 g/mol. The van der Waals surface area contributed by atoms with Crippen LogP contribution >= 0.6 is 0 Å². The fourth-order valence-electron chi connectivity index (χ4n) is 1.82. The third kappa shape index (κ3) is 4.25. The minimum Gasteiger partial charge on any atom is -0.469 e. The maximum atomic E-state index is 12.0. The summed E-state index contributed by atoms with van der Waals surface area (Å²) >= 11 is 0. The zero-order valence-electron chi connectivity index (χ0n) is 11.3. The number of amides is 1. The smallest absolute Gasteiger partial charge is 0.311 e. The van der Waals surface area contributed by atoms with Crippen LogP contribution in [-0.2, 0) is 9.53 Å². The Hall–Kier alpha value is -2.10. The van der Waals surface area contributed by atoms with Crippen LogP contribution in [0.3, 0.4) is 0 Å². The Bertz CT molecular complexity index is 442. The van der Waals surface area contributed by atoms with Crippen LogP contribution in [0.25, 0.3) is 0 Å². The van der Waals surface area contributed by atoms with Gasteiger partial charge in [0.25, 0.3) is 5.91 Å². The molecule has 0 fully saturated rings. The van der Waals surface area contributed by atoms with E-state index in [0.717, 1.165) is 0 Å². The number of esters is 1. The summed E-state index contributed by atoms with van der Waals surface area (Å²) in [4.78, 5) is 23.6. The van der Waals surface area contributed by atoms with Gasteiger partial charge in [-0.2, -0.15) is 0 Å². The van der Waals surface area contributed by atoms with Gasteiger partial charge in [0, 0.05) is 11.6 Å². The molecule has 0 radical (unpaired) electrons. The molecule has 2 atom stereocenters. The summed E-state index contributed by atoms with van der Waals surface area (Å²) in [7, 11) is 1.34. The monoisotopic (exact) mass is 261 g/mol. The second-order valence-corrected chi connectivity index (χ2v) is 4.28. The lowest BCUT2D eigenvalue weighted by atomic mass is 9.97. The van der Waals surface area contributed by atoms with E-state index in [0.29, 0.717) is 12.0 Å². The van der Waals surface area contributed by atoms with E-state index in [1.54, 1.807) is 37.3 Å². The molecule has 0 aliphatic heterocycles. The summed E-state index contributed by atoms with van der Waals surface area (Å²) in [5.41, 5.74) is 0.566. The van der Waals surface area contributed by atoms with E-state index in [4.69, 9.17) is 4.74 Å². The van der Waals surface area contributed by atoms with Gasteiger partial charge in [-0.15, -0.1) is 6.58 Å². The van der Waals surface area contributed by atoms with Gasteiger partial charge in [-0.05, 0) is 25.5 Å². The van der Waals surface area contributed by atoms with E-state index in [-0.39, 0.29) is 17.9 Å². The minimum atomic E-state index is -0.421. The Morgan fingerprint density at radius 2 is 2.00 bits per heavy atom.